The second kappa shape index (κ2) is 6.84. The van der Waals surface area contributed by atoms with Crippen LogP contribution in [0.1, 0.15) is 32.9 Å². The van der Waals surface area contributed by atoms with Crippen molar-refractivity contribution in [3.05, 3.63) is 63.0 Å². The zero-order valence-electron chi connectivity index (χ0n) is 14.7. The quantitative estimate of drug-likeness (QED) is 0.725. The third-order valence-corrected chi connectivity index (χ3v) is 4.73. The molecule has 130 valence electrons. The van der Waals surface area contributed by atoms with Gasteiger partial charge in [-0.05, 0) is 42.3 Å². The summed E-state index contributed by atoms with van der Waals surface area (Å²) < 4.78 is 4.25. The Morgan fingerprint density at radius 3 is 2.44 bits per heavy atom. The van der Waals surface area contributed by atoms with E-state index in [0.717, 1.165) is 15.7 Å². The number of nitrogens with zero attached hydrogens (tertiary/aromatic N) is 4. The summed E-state index contributed by atoms with van der Waals surface area (Å²) in [5.41, 5.74) is 4.48. The molecule has 0 saturated carbocycles. The first kappa shape index (κ1) is 17.4. The van der Waals surface area contributed by atoms with E-state index in [4.69, 9.17) is 0 Å². The van der Waals surface area contributed by atoms with Crippen molar-refractivity contribution in [1.29, 1.82) is 0 Å². The zero-order valence-corrected chi connectivity index (χ0v) is 16.3. The van der Waals surface area contributed by atoms with Gasteiger partial charge in [-0.3, -0.25) is 14.2 Å². The van der Waals surface area contributed by atoms with Crippen LogP contribution in [0.5, 0.6) is 0 Å². The molecule has 3 rings (SSSR count). The van der Waals surface area contributed by atoms with Gasteiger partial charge in [0, 0.05) is 18.9 Å². The van der Waals surface area contributed by atoms with E-state index in [0.29, 0.717) is 23.6 Å². The summed E-state index contributed by atoms with van der Waals surface area (Å²) >= 11 is 3.47. The van der Waals surface area contributed by atoms with Crippen molar-refractivity contribution in [2.45, 2.75) is 27.3 Å². The summed E-state index contributed by atoms with van der Waals surface area (Å²) in [5.74, 6) is 0.296. The maximum Gasteiger partial charge on any atom is 0.260 e. The van der Waals surface area contributed by atoms with E-state index in [1.54, 1.807) is 9.36 Å². The minimum Gasteiger partial charge on any atom is -0.304 e. The number of rotatable bonds is 4. The Hall–Kier alpha value is -2.41. The van der Waals surface area contributed by atoms with Crippen LogP contribution in [0.15, 0.2) is 34.9 Å². The fourth-order valence-corrected chi connectivity index (χ4v) is 3.13. The molecular weight excluding hydrogens is 382 g/mol. The first-order valence-electron chi connectivity index (χ1n) is 7.95. The number of amides is 1. The van der Waals surface area contributed by atoms with Crippen molar-refractivity contribution in [3.8, 4) is 0 Å². The Bertz CT molecular complexity index is 924. The van der Waals surface area contributed by atoms with Crippen LogP contribution in [0.2, 0.25) is 0 Å². The molecule has 0 aliphatic heterocycles. The van der Waals surface area contributed by atoms with Gasteiger partial charge in [0.25, 0.3) is 5.91 Å². The van der Waals surface area contributed by atoms with Gasteiger partial charge in [-0.25, -0.2) is 0 Å². The number of aromatic nitrogens is 4. The van der Waals surface area contributed by atoms with Crippen molar-refractivity contribution in [2.24, 2.45) is 7.05 Å². The highest BCUT2D eigenvalue weighted by Gasteiger charge is 2.19. The van der Waals surface area contributed by atoms with Crippen LogP contribution in [0.4, 0.5) is 5.82 Å². The molecule has 0 spiro atoms. The monoisotopic (exact) mass is 401 g/mol. The van der Waals surface area contributed by atoms with E-state index in [1.165, 1.54) is 5.56 Å². The number of aryl methyl sites for hydroxylation is 3. The van der Waals surface area contributed by atoms with Crippen LogP contribution in [-0.2, 0) is 13.6 Å². The molecule has 0 atom stereocenters. The van der Waals surface area contributed by atoms with Crippen molar-refractivity contribution in [1.82, 2.24) is 19.6 Å². The number of carbonyl (C=O) groups excluding carboxylic acids is 1. The molecule has 1 aromatic carbocycles. The predicted octanol–water partition coefficient (Wildman–Crippen LogP) is 3.60. The summed E-state index contributed by atoms with van der Waals surface area (Å²) in [6.07, 6.45) is 1.86. The topological polar surface area (TPSA) is 64.7 Å². The number of halogens is 1. The van der Waals surface area contributed by atoms with Gasteiger partial charge in [-0.1, -0.05) is 29.8 Å². The van der Waals surface area contributed by atoms with E-state index in [-0.39, 0.29) is 5.91 Å². The molecule has 6 nitrogen and oxygen atoms in total. The molecule has 0 aliphatic carbocycles. The van der Waals surface area contributed by atoms with E-state index >= 15 is 0 Å². The van der Waals surface area contributed by atoms with Gasteiger partial charge in [0.15, 0.2) is 5.82 Å². The van der Waals surface area contributed by atoms with Crippen molar-refractivity contribution >= 4 is 27.7 Å². The zero-order chi connectivity index (χ0) is 18.1. The fraction of sp³-hybridized carbons (Fsp3) is 0.278. The molecule has 2 heterocycles. The van der Waals surface area contributed by atoms with Crippen LogP contribution in [0.25, 0.3) is 0 Å². The Morgan fingerprint density at radius 2 is 1.84 bits per heavy atom. The van der Waals surface area contributed by atoms with Crippen LogP contribution in [0, 0.1) is 20.8 Å². The van der Waals surface area contributed by atoms with E-state index < -0.39 is 0 Å². The second-order valence-corrected chi connectivity index (χ2v) is 6.99. The molecule has 1 amide bonds. The molecule has 1 N–H and O–H groups in total. The van der Waals surface area contributed by atoms with Crippen LogP contribution in [-0.4, -0.2) is 25.5 Å². The third-order valence-electron chi connectivity index (χ3n) is 4.15. The predicted molar refractivity (Wildman–Crippen MR) is 101 cm³/mol. The lowest BCUT2D eigenvalue weighted by molar-refractivity contribution is 0.102. The molecular formula is C18H20BrN5O. The van der Waals surface area contributed by atoms with Crippen LogP contribution >= 0.6 is 15.9 Å². The SMILES string of the molecule is Cc1ccc(Cn2cc(Br)c(NC(=O)c3c(C)nn(C)c3C)n2)cc1. The molecule has 7 heteroatoms. The number of carbonyl (C=O) groups is 1. The lowest BCUT2D eigenvalue weighted by Gasteiger charge is -2.04. The third kappa shape index (κ3) is 3.66. The molecule has 0 saturated heterocycles. The molecule has 0 fully saturated rings. The molecule has 25 heavy (non-hydrogen) atoms. The second-order valence-electron chi connectivity index (χ2n) is 6.13. The van der Waals surface area contributed by atoms with Crippen molar-refractivity contribution in [2.75, 3.05) is 5.32 Å². The lowest BCUT2D eigenvalue weighted by atomic mass is 10.1. The van der Waals surface area contributed by atoms with Gasteiger partial charge in [0.1, 0.15) is 0 Å². The average molecular weight is 402 g/mol. The molecule has 3 aromatic rings. The molecule has 0 aliphatic rings. The summed E-state index contributed by atoms with van der Waals surface area (Å²) in [4.78, 5) is 12.6. The van der Waals surface area contributed by atoms with Gasteiger partial charge in [-0.15, -0.1) is 0 Å². The largest absolute Gasteiger partial charge is 0.304 e. The minimum atomic E-state index is -0.204. The number of anilines is 1. The normalized spacial score (nSPS) is 10.9. The highest BCUT2D eigenvalue weighted by molar-refractivity contribution is 9.10. The van der Waals surface area contributed by atoms with E-state index in [9.17, 15) is 4.79 Å². The number of hydrogen-bond acceptors (Lipinski definition) is 3. The lowest BCUT2D eigenvalue weighted by Crippen LogP contribution is -2.15. The Labute approximate surface area is 155 Å². The summed E-state index contributed by atoms with van der Waals surface area (Å²) in [6, 6.07) is 8.30. The number of benzene rings is 1. The molecule has 0 unspecified atom stereocenters. The van der Waals surface area contributed by atoms with Crippen LogP contribution in [0.3, 0.4) is 0 Å². The van der Waals surface area contributed by atoms with E-state index in [1.807, 2.05) is 27.1 Å². The minimum absolute atomic E-state index is 0.204. The maximum absolute atomic E-state index is 12.6. The highest BCUT2D eigenvalue weighted by atomic mass is 79.9. The summed E-state index contributed by atoms with van der Waals surface area (Å²) in [7, 11) is 1.82. The van der Waals surface area contributed by atoms with Crippen LogP contribution < -0.4 is 5.32 Å². The first-order valence-corrected chi connectivity index (χ1v) is 8.74. The Morgan fingerprint density at radius 1 is 1.16 bits per heavy atom. The van der Waals surface area contributed by atoms with Gasteiger partial charge >= 0.3 is 0 Å². The smallest absolute Gasteiger partial charge is 0.260 e. The van der Waals surface area contributed by atoms with Crippen molar-refractivity contribution < 1.29 is 4.79 Å². The highest BCUT2D eigenvalue weighted by Crippen LogP contribution is 2.22. The number of hydrogen-bond donors (Lipinski definition) is 1. The maximum atomic E-state index is 12.6. The van der Waals surface area contributed by atoms with E-state index in [2.05, 4.69) is 62.6 Å². The standard InChI is InChI=1S/C18H20BrN5O/c1-11-5-7-14(8-6-11)9-24-10-15(19)17(22-24)20-18(25)16-12(2)21-23(4)13(16)3/h5-8,10H,9H2,1-4H3,(H,20,22,25). The first-order chi connectivity index (χ1) is 11.8. The molecule has 0 bridgehead atoms. The average Bonchev–Trinajstić information content (AvgIpc) is 3.01. The Balaban J connectivity index is 1.78. The molecule has 2 aromatic heterocycles. The summed E-state index contributed by atoms with van der Waals surface area (Å²) in [6.45, 7) is 6.40. The van der Waals surface area contributed by atoms with Crippen molar-refractivity contribution in [3.63, 3.8) is 0 Å². The Kier molecular flexibility index (Phi) is 4.76. The van der Waals surface area contributed by atoms with Gasteiger partial charge in [0.05, 0.1) is 22.3 Å². The number of nitrogens with one attached hydrogen (secondary N) is 1. The fourth-order valence-electron chi connectivity index (χ4n) is 2.72. The van der Waals surface area contributed by atoms with Gasteiger partial charge in [-0.2, -0.15) is 10.2 Å². The van der Waals surface area contributed by atoms with Gasteiger partial charge < -0.3 is 5.32 Å². The summed E-state index contributed by atoms with van der Waals surface area (Å²) in [5, 5.41) is 11.6. The molecule has 0 radical (unpaired) electrons. The van der Waals surface area contributed by atoms with Gasteiger partial charge in [0.2, 0.25) is 0 Å².